The molecule has 0 aliphatic rings. The van der Waals surface area contributed by atoms with Crippen molar-refractivity contribution in [2.24, 2.45) is 0 Å². The topological polar surface area (TPSA) is 33.0 Å². The molecule has 2 aromatic carbocycles. The van der Waals surface area contributed by atoms with Gasteiger partial charge in [-0.2, -0.15) is 5.26 Å². The van der Waals surface area contributed by atoms with Crippen molar-refractivity contribution in [2.45, 2.75) is 32.8 Å². The Hall–Kier alpha value is -2.27. The summed E-state index contributed by atoms with van der Waals surface area (Å²) in [7, 11) is 0. The highest BCUT2D eigenvalue weighted by Crippen LogP contribution is 2.22. The van der Waals surface area contributed by atoms with Crippen LogP contribution in [0.15, 0.2) is 48.5 Å². The van der Waals surface area contributed by atoms with Gasteiger partial charge in [0.2, 0.25) is 0 Å². The molecule has 0 bridgehead atoms. The maximum atomic E-state index is 8.75. The van der Waals surface area contributed by atoms with Gasteiger partial charge in [-0.1, -0.05) is 38.1 Å². The fraction of sp³-hybridized carbons (Fsp3) is 0.278. The minimum absolute atomic E-state index is 0.522. The highest BCUT2D eigenvalue weighted by atomic mass is 16.5. The minimum Gasteiger partial charge on any atom is -0.489 e. The van der Waals surface area contributed by atoms with Crippen molar-refractivity contribution < 1.29 is 4.74 Å². The predicted octanol–water partition coefficient (Wildman–Crippen LogP) is 4.65. The first kappa shape index (κ1) is 14.1. The highest BCUT2D eigenvalue weighted by molar-refractivity contribution is 5.32. The van der Waals surface area contributed by atoms with Crippen LogP contribution in [0.1, 0.15) is 42.9 Å². The lowest BCUT2D eigenvalue weighted by Crippen LogP contribution is -1.96. The maximum Gasteiger partial charge on any atom is 0.119 e. The van der Waals surface area contributed by atoms with Gasteiger partial charge in [-0.3, -0.25) is 0 Å². The Morgan fingerprint density at radius 1 is 1.05 bits per heavy atom. The summed E-state index contributed by atoms with van der Waals surface area (Å²) in [5, 5.41) is 8.75. The molecule has 0 saturated carbocycles. The summed E-state index contributed by atoms with van der Waals surface area (Å²) in [5.41, 5.74) is 3.08. The van der Waals surface area contributed by atoms with Crippen molar-refractivity contribution in [1.29, 1.82) is 5.26 Å². The largest absolute Gasteiger partial charge is 0.489 e. The normalized spacial score (nSPS) is 11.7. The molecular weight excluding hydrogens is 246 g/mol. The molecule has 0 N–H and O–H groups in total. The molecule has 1 atom stereocenters. The number of hydrogen-bond acceptors (Lipinski definition) is 2. The zero-order valence-electron chi connectivity index (χ0n) is 12.0. The van der Waals surface area contributed by atoms with Gasteiger partial charge >= 0.3 is 0 Å². The van der Waals surface area contributed by atoms with E-state index in [-0.39, 0.29) is 0 Å². The number of hydrogen-bond donors (Lipinski definition) is 0. The Labute approximate surface area is 120 Å². The third-order valence-corrected chi connectivity index (χ3v) is 3.55. The van der Waals surface area contributed by atoms with Gasteiger partial charge in [0.15, 0.2) is 0 Å². The van der Waals surface area contributed by atoms with Crippen LogP contribution in [0.25, 0.3) is 0 Å². The standard InChI is InChI=1S/C18H19NO/c1-3-14(2)17-8-10-18(11-9-17)20-13-16-6-4-15(12-19)5-7-16/h4-11,14H,3,13H2,1-2H3. The fourth-order valence-corrected chi connectivity index (χ4v) is 1.97. The molecule has 0 aliphatic heterocycles. The summed E-state index contributed by atoms with van der Waals surface area (Å²) in [6.07, 6.45) is 1.14. The van der Waals surface area contributed by atoms with E-state index in [0.29, 0.717) is 18.1 Å². The molecule has 102 valence electrons. The second-order valence-electron chi connectivity index (χ2n) is 4.98. The van der Waals surface area contributed by atoms with E-state index in [1.54, 1.807) is 0 Å². The number of nitrogens with zero attached hydrogens (tertiary/aromatic N) is 1. The molecule has 2 aromatic rings. The first-order valence-electron chi connectivity index (χ1n) is 6.94. The van der Waals surface area contributed by atoms with Gasteiger partial charge in [-0.05, 0) is 47.7 Å². The summed E-state index contributed by atoms with van der Waals surface area (Å²) in [6.45, 7) is 4.95. The van der Waals surface area contributed by atoms with Crippen LogP contribution in [0.3, 0.4) is 0 Å². The second-order valence-corrected chi connectivity index (χ2v) is 4.98. The van der Waals surface area contributed by atoms with E-state index < -0.39 is 0 Å². The van der Waals surface area contributed by atoms with Gasteiger partial charge in [0, 0.05) is 0 Å². The molecular formula is C18H19NO. The van der Waals surface area contributed by atoms with Crippen LogP contribution < -0.4 is 4.74 Å². The lowest BCUT2D eigenvalue weighted by Gasteiger charge is -2.11. The highest BCUT2D eigenvalue weighted by Gasteiger charge is 2.03. The van der Waals surface area contributed by atoms with Crippen LogP contribution in [-0.2, 0) is 6.61 Å². The molecule has 0 amide bonds. The van der Waals surface area contributed by atoms with Crippen LogP contribution in [0.4, 0.5) is 0 Å². The lowest BCUT2D eigenvalue weighted by molar-refractivity contribution is 0.306. The molecule has 0 spiro atoms. The van der Waals surface area contributed by atoms with Crippen molar-refractivity contribution >= 4 is 0 Å². The monoisotopic (exact) mass is 265 g/mol. The van der Waals surface area contributed by atoms with Gasteiger partial charge in [-0.15, -0.1) is 0 Å². The maximum absolute atomic E-state index is 8.75. The summed E-state index contributed by atoms with van der Waals surface area (Å²) in [4.78, 5) is 0. The molecule has 20 heavy (non-hydrogen) atoms. The number of nitriles is 1. The quantitative estimate of drug-likeness (QED) is 0.788. The zero-order chi connectivity index (χ0) is 14.4. The lowest BCUT2D eigenvalue weighted by atomic mass is 9.99. The average molecular weight is 265 g/mol. The van der Waals surface area contributed by atoms with Crippen molar-refractivity contribution in [2.75, 3.05) is 0 Å². The van der Waals surface area contributed by atoms with E-state index in [0.717, 1.165) is 17.7 Å². The molecule has 0 radical (unpaired) electrons. The molecule has 2 heteroatoms. The molecule has 0 heterocycles. The Kier molecular flexibility index (Phi) is 4.79. The van der Waals surface area contributed by atoms with E-state index in [2.05, 4.69) is 32.0 Å². The number of rotatable bonds is 5. The molecule has 0 fully saturated rings. The van der Waals surface area contributed by atoms with Crippen molar-refractivity contribution in [3.05, 3.63) is 65.2 Å². The van der Waals surface area contributed by atoms with E-state index >= 15 is 0 Å². The van der Waals surface area contributed by atoms with Crippen LogP contribution in [0, 0.1) is 11.3 Å². The Balaban J connectivity index is 1.95. The number of benzene rings is 2. The summed E-state index contributed by atoms with van der Waals surface area (Å²) in [6, 6.07) is 17.9. The summed E-state index contributed by atoms with van der Waals surface area (Å²) < 4.78 is 5.75. The van der Waals surface area contributed by atoms with Crippen LogP contribution in [0.2, 0.25) is 0 Å². The first-order valence-corrected chi connectivity index (χ1v) is 6.94. The second kappa shape index (κ2) is 6.77. The van der Waals surface area contributed by atoms with Gasteiger partial charge in [0.05, 0.1) is 11.6 Å². The van der Waals surface area contributed by atoms with E-state index in [1.165, 1.54) is 5.56 Å². The molecule has 0 aromatic heterocycles. The fourth-order valence-electron chi connectivity index (χ4n) is 1.97. The van der Waals surface area contributed by atoms with E-state index in [1.807, 2.05) is 36.4 Å². The van der Waals surface area contributed by atoms with Crippen LogP contribution in [-0.4, -0.2) is 0 Å². The zero-order valence-corrected chi connectivity index (χ0v) is 12.0. The van der Waals surface area contributed by atoms with Gasteiger partial charge in [0.1, 0.15) is 12.4 Å². The third-order valence-electron chi connectivity index (χ3n) is 3.55. The summed E-state index contributed by atoms with van der Waals surface area (Å²) in [5.74, 6) is 1.46. The number of ether oxygens (including phenoxy) is 1. The van der Waals surface area contributed by atoms with E-state index in [9.17, 15) is 0 Å². The van der Waals surface area contributed by atoms with Crippen molar-refractivity contribution in [3.63, 3.8) is 0 Å². The molecule has 2 nitrogen and oxygen atoms in total. The molecule has 1 unspecified atom stereocenters. The molecule has 0 saturated heterocycles. The van der Waals surface area contributed by atoms with Gasteiger partial charge in [0.25, 0.3) is 0 Å². The Morgan fingerprint density at radius 2 is 1.70 bits per heavy atom. The smallest absolute Gasteiger partial charge is 0.119 e. The SMILES string of the molecule is CCC(C)c1ccc(OCc2ccc(C#N)cc2)cc1. The average Bonchev–Trinajstić information content (AvgIpc) is 2.53. The Morgan fingerprint density at radius 3 is 2.25 bits per heavy atom. The van der Waals surface area contributed by atoms with E-state index in [4.69, 9.17) is 10.00 Å². The molecule has 2 rings (SSSR count). The molecule has 0 aliphatic carbocycles. The third kappa shape index (κ3) is 3.61. The van der Waals surface area contributed by atoms with Crippen molar-refractivity contribution in [3.8, 4) is 11.8 Å². The van der Waals surface area contributed by atoms with Gasteiger partial charge < -0.3 is 4.74 Å². The van der Waals surface area contributed by atoms with Crippen molar-refractivity contribution in [1.82, 2.24) is 0 Å². The predicted molar refractivity (Wildman–Crippen MR) is 80.6 cm³/mol. The van der Waals surface area contributed by atoms with Gasteiger partial charge in [-0.25, -0.2) is 0 Å². The van der Waals surface area contributed by atoms with Crippen LogP contribution in [0.5, 0.6) is 5.75 Å². The minimum atomic E-state index is 0.522. The summed E-state index contributed by atoms with van der Waals surface area (Å²) >= 11 is 0. The first-order chi connectivity index (χ1) is 9.72. The van der Waals surface area contributed by atoms with Crippen LogP contribution >= 0.6 is 0 Å². The Bertz CT molecular complexity index is 578.